The second-order valence-corrected chi connectivity index (χ2v) is 6.61. The van der Waals surface area contributed by atoms with Gasteiger partial charge < -0.3 is 14.2 Å². The highest BCUT2D eigenvalue weighted by molar-refractivity contribution is 6.30. The minimum absolute atomic E-state index is 0.0500. The third-order valence-electron chi connectivity index (χ3n) is 4.44. The van der Waals surface area contributed by atoms with Crippen LogP contribution in [-0.2, 0) is 22.7 Å². The van der Waals surface area contributed by atoms with Gasteiger partial charge in [-0.15, -0.1) is 0 Å². The predicted molar refractivity (Wildman–Crippen MR) is 93.7 cm³/mol. The van der Waals surface area contributed by atoms with Crippen molar-refractivity contribution in [3.05, 3.63) is 63.2 Å². The number of imide groups is 1. The van der Waals surface area contributed by atoms with Crippen LogP contribution in [-0.4, -0.2) is 36.5 Å². The minimum atomic E-state index is -0.617. The highest BCUT2D eigenvalue weighted by Crippen LogP contribution is 2.32. The topological polar surface area (TPSA) is 82.1 Å². The van der Waals surface area contributed by atoms with Crippen molar-refractivity contribution in [2.45, 2.75) is 13.2 Å². The van der Waals surface area contributed by atoms with E-state index in [1.165, 1.54) is 25.2 Å². The van der Waals surface area contributed by atoms with Gasteiger partial charge in [-0.1, -0.05) is 11.6 Å². The highest BCUT2D eigenvalue weighted by Gasteiger charge is 2.33. The van der Waals surface area contributed by atoms with Crippen LogP contribution in [0.15, 0.2) is 30.3 Å². The van der Waals surface area contributed by atoms with E-state index >= 15 is 0 Å². The lowest BCUT2D eigenvalue weighted by atomic mass is 10.1. The fraction of sp³-hybridized carbons (Fsp3) is 0.211. The fourth-order valence-corrected chi connectivity index (χ4v) is 3.34. The summed E-state index contributed by atoms with van der Waals surface area (Å²) in [5.41, 5.74) is 2.06. The number of carbonyl (C=O) groups is 3. The SMILES string of the molecule is CN1C(=O)c2ccc(C(=O)OCc3cc(Cl)cc4c3OCOC4)cc2C1=O. The van der Waals surface area contributed by atoms with Crippen LogP contribution >= 0.6 is 11.6 Å². The molecule has 0 atom stereocenters. The van der Waals surface area contributed by atoms with Gasteiger partial charge in [0.15, 0.2) is 6.79 Å². The first kappa shape index (κ1) is 17.5. The van der Waals surface area contributed by atoms with Crippen molar-refractivity contribution in [3.8, 4) is 5.75 Å². The molecule has 2 aromatic rings. The van der Waals surface area contributed by atoms with E-state index in [1.807, 2.05) is 0 Å². The standard InChI is InChI=1S/C19H14ClNO6/c1-21-17(22)14-3-2-10(6-15(14)18(21)23)19(24)26-8-12-5-13(20)4-11-7-25-9-27-16(11)12/h2-6H,7-9H2,1H3. The van der Waals surface area contributed by atoms with Gasteiger partial charge >= 0.3 is 5.97 Å². The molecule has 0 aliphatic carbocycles. The Morgan fingerprint density at radius 1 is 1.19 bits per heavy atom. The molecule has 27 heavy (non-hydrogen) atoms. The molecule has 0 fully saturated rings. The molecule has 138 valence electrons. The average molecular weight is 388 g/mol. The van der Waals surface area contributed by atoms with E-state index in [9.17, 15) is 14.4 Å². The van der Waals surface area contributed by atoms with Crippen molar-refractivity contribution in [2.75, 3.05) is 13.8 Å². The second-order valence-electron chi connectivity index (χ2n) is 6.17. The van der Waals surface area contributed by atoms with Crippen LogP contribution < -0.4 is 4.74 Å². The monoisotopic (exact) mass is 387 g/mol. The zero-order valence-electron chi connectivity index (χ0n) is 14.3. The molecular weight excluding hydrogens is 374 g/mol. The maximum absolute atomic E-state index is 12.4. The van der Waals surface area contributed by atoms with Gasteiger partial charge in [0.2, 0.25) is 0 Å². The molecule has 0 radical (unpaired) electrons. The van der Waals surface area contributed by atoms with E-state index in [0.29, 0.717) is 22.9 Å². The second kappa shape index (κ2) is 6.68. The number of halogens is 1. The largest absolute Gasteiger partial charge is 0.467 e. The van der Waals surface area contributed by atoms with Crippen LogP contribution in [0.25, 0.3) is 0 Å². The van der Waals surface area contributed by atoms with Crippen molar-refractivity contribution in [2.24, 2.45) is 0 Å². The summed E-state index contributed by atoms with van der Waals surface area (Å²) >= 11 is 6.10. The van der Waals surface area contributed by atoms with Crippen LogP contribution in [0.3, 0.4) is 0 Å². The Kier molecular flexibility index (Phi) is 4.33. The van der Waals surface area contributed by atoms with E-state index in [2.05, 4.69) is 0 Å². The quantitative estimate of drug-likeness (QED) is 0.595. The Balaban J connectivity index is 1.54. The highest BCUT2D eigenvalue weighted by atomic mass is 35.5. The smallest absolute Gasteiger partial charge is 0.338 e. The summed E-state index contributed by atoms with van der Waals surface area (Å²) in [7, 11) is 1.40. The number of hydrogen-bond acceptors (Lipinski definition) is 6. The Labute approximate surface area is 159 Å². The van der Waals surface area contributed by atoms with Crippen LogP contribution in [0.4, 0.5) is 0 Å². The first-order valence-electron chi connectivity index (χ1n) is 8.11. The average Bonchev–Trinajstić information content (AvgIpc) is 2.89. The summed E-state index contributed by atoms with van der Waals surface area (Å²) in [5, 5.41) is 0.485. The summed E-state index contributed by atoms with van der Waals surface area (Å²) in [5.74, 6) is -0.856. The van der Waals surface area contributed by atoms with Crippen molar-refractivity contribution in [3.63, 3.8) is 0 Å². The van der Waals surface area contributed by atoms with Crippen LogP contribution in [0.2, 0.25) is 5.02 Å². The summed E-state index contributed by atoms with van der Waals surface area (Å²) in [6, 6.07) is 7.69. The molecule has 8 heteroatoms. The van der Waals surface area contributed by atoms with Crippen LogP contribution in [0, 0.1) is 0 Å². The van der Waals surface area contributed by atoms with Gasteiger partial charge in [-0.2, -0.15) is 0 Å². The molecule has 0 unspecified atom stereocenters. The molecule has 2 aliphatic heterocycles. The van der Waals surface area contributed by atoms with E-state index < -0.39 is 11.9 Å². The van der Waals surface area contributed by atoms with Gasteiger partial charge in [0, 0.05) is 23.2 Å². The molecule has 2 heterocycles. The molecule has 0 spiro atoms. The number of ether oxygens (including phenoxy) is 3. The number of nitrogens with zero attached hydrogens (tertiary/aromatic N) is 1. The first-order valence-corrected chi connectivity index (χ1v) is 8.49. The molecular formula is C19H14ClNO6. The molecule has 0 N–H and O–H groups in total. The molecule has 7 nitrogen and oxygen atoms in total. The normalized spacial score (nSPS) is 15.3. The lowest BCUT2D eigenvalue weighted by Gasteiger charge is -2.21. The number of rotatable bonds is 3. The molecule has 0 aromatic heterocycles. The van der Waals surface area contributed by atoms with E-state index in [4.69, 9.17) is 25.8 Å². The van der Waals surface area contributed by atoms with E-state index in [-0.39, 0.29) is 36.0 Å². The Morgan fingerprint density at radius 2 is 1.96 bits per heavy atom. The molecule has 0 bridgehead atoms. The number of amides is 2. The fourth-order valence-electron chi connectivity index (χ4n) is 3.08. The van der Waals surface area contributed by atoms with Gasteiger partial charge in [-0.25, -0.2) is 4.79 Å². The van der Waals surface area contributed by atoms with E-state index in [1.54, 1.807) is 12.1 Å². The Morgan fingerprint density at radius 3 is 2.78 bits per heavy atom. The van der Waals surface area contributed by atoms with Crippen LogP contribution in [0.1, 0.15) is 42.2 Å². The number of esters is 1. The number of fused-ring (bicyclic) bond motifs is 2. The number of benzene rings is 2. The van der Waals surface area contributed by atoms with Crippen molar-refractivity contribution < 1.29 is 28.6 Å². The zero-order valence-corrected chi connectivity index (χ0v) is 15.0. The third-order valence-corrected chi connectivity index (χ3v) is 4.65. The molecule has 0 saturated carbocycles. The number of carbonyl (C=O) groups excluding carboxylic acids is 3. The van der Waals surface area contributed by atoms with Crippen molar-refractivity contribution in [1.82, 2.24) is 4.90 Å². The van der Waals surface area contributed by atoms with Crippen molar-refractivity contribution in [1.29, 1.82) is 0 Å². The predicted octanol–water partition coefficient (Wildman–Crippen LogP) is 2.79. The third kappa shape index (κ3) is 3.05. The molecule has 2 aliphatic rings. The Hall–Kier alpha value is -2.90. The number of hydrogen-bond donors (Lipinski definition) is 0. The molecule has 0 saturated heterocycles. The molecule has 2 aromatic carbocycles. The van der Waals surface area contributed by atoms with Gasteiger partial charge in [-0.05, 0) is 30.3 Å². The first-order chi connectivity index (χ1) is 13.0. The summed E-state index contributed by atoms with van der Waals surface area (Å²) < 4.78 is 16.1. The van der Waals surface area contributed by atoms with Gasteiger partial charge in [0.1, 0.15) is 12.4 Å². The van der Waals surface area contributed by atoms with Gasteiger partial charge in [-0.3, -0.25) is 14.5 Å². The maximum Gasteiger partial charge on any atom is 0.338 e. The van der Waals surface area contributed by atoms with Gasteiger partial charge in [0.25, 0.3) is 11.8 Å². The summed E-state index contributed by atoms with van der Waals surface area (Å²) in [6.07, 6.45) is 0. The van der Waals surface area contributed by atoms with Crippen LogP contribution in [0.5, 0.6) is 5.75 Å². The lowest BCUT2D eigenvalue weighted by Crippen LogP contribution is -2.24. The van der Waals surface area contributed by atoms with Gasteiger partial charge in [0.05, 0.1) is 23.3 Å². The lowest BCUT2D eigenvalue weighted by molar-refractivity contribution is -0.0180. The summed E-state index contributed by atoms with van der Waals surface area (Å²) in [4.78, 5) is 37.4. The van der Waals surface area contributed by atoms with E-state index in [0.717, 1.165) is 10.5 Å². The molecule has 4 rings (SSSR count). The Bertz CT molecular complexity index is 986. The summed E-state index contributed by atoms with van der Waals surface area (Å²) in [6.45, 7) is 0.432. The zero-order chi connectivity index (χ0) is 19.1. The molecule has 2 amide bonds. The van der Waals surface area contributed by atoms with Crippen molar-refractivity contribution >= 4 is 29.4 Å². The minimum Gasteiger partial charge on any atom is -0.467 e. The maximum atomic E-state index is 12.4.